The maximum absolute atomic E-state index is 2.34. The highest BCUT2D eigenvalue weighted by atomic mass is 14.3. The van der Waals surface area contributed by atoms with E-state index < -0.39 is 0 Å². The van der Waals surface area contributed by atoms with Gasteiger partial charge in [-0.2, -0.15) is 0 Å². The first kappa shape index (κ1) is 26.2. The minimum atomic E-state index is 1.31. The van der Waals surface area contributed by atoms with Gasteiger partial charge in [-0.1, -0.05) is 109 Å². The van der Waals surface area contributed by atoms with Crippen molar-refractivity contribution in [2.45, 2.75) is 41.5 Å². The average Bonchev–Trinajstić information content (AvgIpc) is 3.01. The van der Waals surface area contributed by atoms with Crippen LogP contribution in [0.4, 0.5) is 0 Å². The van der Waals surface area contributed by atoms with Crippen LogP contribution in [0.5, 0.6) is 0 Å². The van der Waals surface area contributed by atoms with E-state index in [1.807, 2.05) is 0 Å². The Balaban J connectivity index is 1.68. The van der Waals surface area contributed by atoms with Gasteiger partial charge in [-0.25, -0.2) is 0 Å². The standard InChI is InChI=1S/C42H36/c1-25-19-22-37(34-16-10-7-13-31(25)34)40-28(4)41(38-23-20-26(2)32-14-8-11-17-35(32)38)30(6)42(29(40)5)39-24-21-27(3)33-15-9-12-18-36(33)39/h7-24H,1-6H3. The van der Waals surface area contributed by atoms with Gasteiger partial charge in [-0.3, -0.25) is 0 Å². The Morgan fingerprint density at radius 1 is 0.262 bits per heavy atom. The molecule has 204 valence electrons. The van der Waals surface area contributed by atoms with Gasteiger partial charge in [0.15, 0.2) is 0 Å². The monoisotopic (exact) mass is 540 g/mol. The second-order valence-electron chi connectivity index (χ2n) is 11.9. The molecule has 0 aliphatic rings. The van der Waals surface area contributed by atoms with E-state index in [1.165, 1.54) is 99.1 Å². The minimum Gasteiger partial charge on any atom is -0.0616 e. The number of hydrogen-bond acceptors (Lipinski definition) is 0. The fraction of sp³-hybridized carbons (Fsp3) is 0.143. The summed E-state index contributed by atoms with van der Waals surface area (Å²) in [6, 6.07) is 40.5. The van der Waals surface area contributed by atoms with Crippen LogP contribution in [-0.2, 0) is 0 Å². The SMILES string of the molecule is Cc1c(-c2ccc(C)c3ccccc23)c(C)c(-c2ccc(C)c3ccccc23)c(C)c1-c1ccc(C)c2ccccc12. The van der Waals surface area contributed by atoms with Crippen LogP contribution in [0.15, 0.2) is 109 Å². The van der Waals surface area contributed by atoms with Gasteiger partial charge >= 0.3 is 0 Å². The van der Waals surface area contributed by atoms with Crippen LogP contribution in [0.1, 0.15) is 33.4 Å². The van der Waals surface area contributed by atoms with Gasteiger partial charge in [0.1, 0.15) is 0 Å². The number of rotatable bonds is 3. The molecule has 7 rings (SSSR count). The topological polar surface area (TPSA) is 0 Å². The summed E-state index contributed by atoms with van der Waals surface area (Å²) in [4.78, 5) is 0. The molecule has 0 aliphatic heterocycles. The van der Waals surface area contributed by atoms with Gasteiger partial charge in [0.25, 0.3) is 0 Å². The highest BCUT2D eigenvalue weighted by Gasteiger charge is 2.24. The summed E-state index contributed by atoms with van der Waals surface area (Å²) < 4.78 is 0. The zero-order valence-corrected chi connectivity index (χ0v) is 25.4. The van der Waals surface area contributed by atoms with Gasteiger partial charge in [-0.05, 0) is 141 Å². The molecular weight excluding hydrogens is 504 g/mol. The molecule has 0 atom stereocenters. The van der Waals surface area contributed by atoms with Crippen molar-refractivity contribution in [1.82, 2.24) is 0 Å². The lowest BCUT2D eigenvalue weighted by Crippen LogP contribution is -2.02. The molecule has 0 spiro atoms. The van der Waals surface area contributed by atoms with Crippen molar-refractivity contribution in [3.8, 4) is 33.4 Å². The molecule has 0 amide bonds. The predicted octanol–water partition coefficient (Wildman–Crippen LogP) is 12.0. The number of fused-ring (bicyclic) bond motifs is 3. The molecule has 0 saturated carbocycles. The smallest absolute Gasteiger partial charge is 0.00994 e. The molecule has 0 saturated heterocycles. The summed E-state index contributed by atoms with van der Waals surface area (Å²) in [6.07, 6.45) is 0. The van der Waals surface area contributed by atoms with Crippen molar-refractivity contribution < 1.29 is 0 Å². The molecule has 0 radical (unpaired) electrons. The maximum Gasteiger partial charge on any atom is -0.00994 e. The normalized spacial score (nSPS) is 11.6. The Bertz CT molecular complexity index is 1920. The lowest BCUT2D eigenvalue weighted by atomic mass is 9.78. The van der Waals surface area contributed by atoms with Crippen LogP contribution in [0.2, 0.25) is 0 Å². The summed E-state index contributed by atoms with van der Waals surface area (Å²) >= 11 is 0. The van der Waals surface area contributed by atoms with E-state index in [9.17, 15) is 0 Å². The van der Waals surface area contributed by atoms with Crippen LogP contribution in [0.3, 0.4) is 0 Å². The van der Waals surface area contributed by atoms with E-state index in [0.717, 1.165) is 0 Å². The Kier molecular flexibility index (Phi) is 6.24. The fourth-order valence-electron chi connectivity index (χ4n) is 7.43. The first-order chi connectivity index (χ1) is 20.4. The number of hydrogen-bond donors (Lipinski definition) is 0. The minimum absolute atomic E-state index is 1.31. The lowest BCUT2D eigenvalue weighted by Gasteiger charge is -2.26. The Hall–Kier alpha value is -4.68. The van der Waals surface area contributed by atoms with Crippen LogP contribution in [-0.4, -0.2) is 0 Å². The molecule has 0 N–H and O–H groups in total. The molecule has 0 fully saturated rings. The molecule has 0 bridgehead atoms. The second-order valence-corrected chi connectivity index (χ2v) is 11.9. The molecule has 42 heavy (non-hydrogen) atoms. The van der Waals surface area contributed by atoms with Crippen molar-refractivity contribution in [2.24, 2.45) is 0 Å². The van der Waals surface area contributed by atoms with Crippen LogP contribution >= 0.6 is 0 Å². The van der Waals surface area contributed by atoms with Gasteiger partial charge in [-0.15, -0.1) is 0 Å². The molecule has 0 aromatic heterocycles. The number of aryl methyl sites for hydroxylation is 3. The van der Waals surface area contributed by atoms with Crippen molar-refractivity contribution in [2.75, 3.05) is 0 Å². The average molecular weight is 541 g/mol. The molecule has 0 heteroatoms. The van der Waals surface area contributed by atoms with E-state index in [4.69, 9.17) is 0 Å². The van der Waals surface area contributed by atoms with Crippen LogP contribution in [0, 0.1) is 41.5 Å². The Morgan fingerprint density at radius 3 is 0.762 bits per heavy atom. The first-order valence-electron chi connectivity index (χ1n) is 15.0. The van der Waals surface area contributed by atoms with E-state index >= 15 is 0 Å². The van der Waals surface area contributed by atoms with Crippen molar-refractivity contribution >= 4 is 32.3 Å². The van der Waals surface area contributed by atoms with Crippen LogP contribution < -0.4 is 0 Å². The predicted molar refractivity (Wildman–Crippen MR) is 184 cm³/mol. The molecule has 7 aromatic rings. The molecule has 7 aromatic carbocycles. The number of benzene rings is 7. The fourth-order valence-corrected chi connectivity index (χ4v) is 7.43. The summed E-state index contributed by atoms with van der Waals surface area (Å²) in [5, 5.41) is 7.89. The highest BCUT2D eigenvalue weighted by molar-refractivity contribution is 6.08. The van der Waals surface area contributed by atoms with E-state index in [0.29, 0.717) is 0 Å². The molecule has 0 heterocycles. The van der Waals surface area contributed by atoms with E-state index in [1.54, 1.807) is 0 Å². The maximum atomic E-state index is 2.34. The molecule has 0 aliphatic carbocycles. The second kappa shape index (κ2) is 10.00. The largest absolute Gasteiger partial charge is 0.0616 e. The Morgan fingerprint density at radius 2 is 0.500 bits per heavy atom. The third-order valence-corrected chi connectivity index (χ3v) is 9.48. The molecule has 0 nitrogen and oxygen atoms in total. The van der Waals surface area contributed by atoms with E-state index in [2.05, 4.69) is 151 Å². The van der Waals surface area contributed by atoms with Crippen molar-refractivity contribution in [1.29, 1.82) is 0 Å². The van der Waals surface area contributed by atoms with Crippen LogP contribution in [0.25, 0.3) is 65.7 Å². The van der Waals surface area contributed by atoms with Gasteiger partial charge < -0.3 is 0 Å². The van der Waals surface area contributed by atoms with Gasteiger partial charge in [0.05, 0.1) is 0 Å². The van der Waals surface area contributed by atoms with Crippen molar-refractivity contribution in [3.05, 3.63) is 143 Å². The Labute approximate surface area is 249 Å². The zero-order valence-electron chi connectivity index (χ0n) is 25.4. The van der Waals surface area contributed by atoms with E-state index in [-0.39, 0.29) is 0 Å². The third-order valence-electron chi connectivity index (χ3n) is 9.48. The quantitative estimate of drug-likeness (QED) is 0.209. The van der Waals surface area contributed by atoms with Crippen molar-refractivity contribution in [3.63, 3.8) is 0 Å². The third kappa shape index (κ3) is 3.90. The zero-order chi connectivity index (χ0) is 29.1. The summed E-state index contributed by atoms with van der Waals surface area (Å²) in [5.74, 6) is 0. The first-order valence-corrected chi connectivity index (χ1v) is 15.0. The molecule has 0 unspecified atom stereocenters. The van der Waals surface area contributed by atoms with Gasteiger partial charge in [0, 0.05) is 0 Å². The lowest BCUT2D eigenvalue weighted by molar-refractivity contribution is 1.32. The summed E-state index contributed by atoms with van der Waals surface area (Å²) in [5.41, 5.74) is 15.9. The summed E-state index contributed by atoms with van der Waals surface area (Å²) in [6.45, 7) is 13.7. The molecular formula is C42H36. The summed E-state index contributed by atoms with van der Waals surface area (Å²) in [7, 11) is 0. The van der Waals surface area contributed by atoms with Gasteiger partial charge in [0.2, 0.25) is 0 Å². The highest BCUT2D eigenvalue weighted by Crippen LogP contribution is 2.48.